The maximum absolute atomic E-state index is 15.1. The molecule has 3 aliphatic rings. The largest absolute Gasteiger partial charge is 0.455 e. The number of amides is 3. The molecule has 1 unspecified atom stereocenters. The van der Waals surface area contributed by atoms with Crippen LogP contribution in [0, 0.1) is 11.8 Å². The number of halogens is 1. The van der Waals surface area contributed by atoms with Gasteiger partial charge in [0.05, 0.1) is 43.2 Å². The highest BCUT2D eigenvalue weighted by molar-refractivity contribution is 9.09. The molecule has 0 radical (unpaired) electrons. The summed E-state index contributed by atoms with van der Waals surface area (Å²) in [6.45, 7) is 15.1. The van der Waals surface area contributed by atoms with Crippen LogP contribution in [0.25, 0.3) is 0 Å². The van der Waals surface area contributed by atoms with Crippen molar-refractivity contribution >= 4 is 51.0 Å². The highest BCUT2D eigenvalue weighted by atomic mass is 79.9. The van der Waals surface area contributed by atoms with Gasteiger partial charge < -0.3 is 39.3 Å². The quantitative estimate of drug-likeness (QED) is 0.108. The van der Waals surface area contributed by atoms with Gasteiger partial charge in [0.15, 0.2) is 0 Å². The Morgan fingerprint density at radius 2 is 1.75 bits per heavy atom. The number of carbonyl (C=O) groups excluding carboxylic acids is 4. The Hall–Kier alpha value is -4.04. The molecule has 0 aromatic heterocycles. The van der Waals surface area contributed by atoms with Gasteiger partial charge in [0.25, 0.3) is 5.91 Å². The zero-order valence-electron chi connectivity index (χ0n) is 32.3. The van der Waals surface area contributed by atoms with Crippen LogP contribution in [0.5, 0.6) is 0 Å². The molecule has 3 heterocycles. The van der Waals surface area contributed by atoms with Crippen molar-refractivity contribution in [1.82, 2.24) is 10.2 Å². The molecule has 2 bridgehead atoms. The molecule has 13 heteroatoms. The molecule has 3 amide bonds. The van der Waals surface area contributed by atoms with E-state index in [0.29, 0.717) is 24.1 Å². The Kier molecular flexibility index (Phi) is 14.3. The van der Waals surface area contributed by atoms with Crippen LogP contribution >= 0.6 is 15.9 Å². The normalized spacial score (nSPS) is 25.5. The topological polar surface area (TPSA) is 138 Å². The highest BCUT2D eigenvalue weighted by Crippen LogP contribution is 2.61. The van der Waals surface area contributed by atoms with E-state index in [4.69, 9.17) is 14.2 Å². The number of likely N-dealkylation sites (tertiary alicyclic amines) is 1. The van der Waals surface area contributed by atoms with Gasteiger partial charge in [0.1, 0.15) is 17.7 Å². The summed E-state index contributed by atoms with van der Waals surface area (Å²) >= 11 is 3.75. The SMILES string of the molecule is C=CCCC(=O)N[C@@H](COC)[C@@H](OC(=O)[C@@H]1[C@H]2O[C@@]3(CC2Br)[C@H](C(=O)N(CC=C)c2ccc(N(CC)CC)cc2)N([C@@H](CC)CO)C(=O)[C@@H]13)c1ccccc1. The highest BCUT2D eigenvalue weighted by Gasteiger charge is 2.77. The van der Waals surface area contributed by atoms with Crippen molar-refractivity contribution in [2.24, 2.45) is 11.8 Å². The second-order valence-corrected chi connectivity index (χ2v) is 15.5. The number of nitrogens with one attached hydrogen (secondary N) is 1. The van der Waals surface area contributed by atoms with E-state index in [9.17, 15) is 19.5 Å². The average molecular weight is 824 g/mol. The lowest BCUT2D eigenvalue weighted by atomic mass is 9.70. The Balaban J connectivity index is 1.54. The summed E-state index contributed by atoms with van der Waals surface area (Å²) in [5, 5.41) is 13.6. The molecule has 12 nitrogen and oxygen atoms in total. The summed E-state index contributed by atoms with van der Waals surface area (Å²) in [6, 6.07) is 14.1. The van der Waals surface area contributed by atoms with Gasteiger partial charge in [0.2, 0.25) is 11.8 Å². The molecule has 3 saturated heterocycles. The van der Waals surface area contributed by atoms with Gasteiger partial charge in [-0.25, -0.2) is 0 Å². The maximum atomic E-state index is 15.1. The summed E-state index contributed by atoms with van der Waals surface area (Å²) < 4.78 is 18.6. The smallest absolute Gasteiger partial charge is 0.313 e. The van der Waals surface area contributed by atoms with Crippen molar-refractivity contribution in [2.75, 3.05) is 49.8 Å². The fraction of sp³-hybridized carbons (Fsp3) is 0.524. The molecule has 3 aliphatic heterocycles. The first-order valence-corrected chi connectivity index (χ1v) is 20.1. The number of rotatable bonds is 20. The van der Waals surface area contributed by atoms with E-state index < -0.39 is 65.6 Å². The maximum Gasteiger partial charge on any atom is 0.313 e. The van der Waals surface area contributed by atoms with Crippen molar-refractivity contribution < 1.29 is 38.5 Å². The molecule has 9 atom stereocenters. The summed E-state index contributed by atoms with van der Waals surface area (Å²) in [6.07, 6.45) is 2.84. The molecule has 2 aromatic rings. The van der Waals surface area contributed by atoms with Crippen molar-refractivity contribution in [3.8, 4) is 0 Å². The number of hydrogen-bond acceptors (Lipinski definition) is 9. The second kappa shape index (κ2) is 18.7. The number of aliphatic hydroxyl groups is 1. The van der Waals surface area contributed by atoms with Crippen LogP contribution in [0.1, 0.15) is 58.1 Å². The molecule has 1 spiro atoms. The predicted molar refractivity (Wildman–Crippen MR) is 215 cm³/mol. The van der Waals surface area contributed by atoms with Gasteiger partial charge in [-0.05, 0) is 62.9 Å². The molecule has 2 N–H and O–H groups in total. The number of esters is 1. The number of nitrogens with zero attached hydrogens (tertiary/aromatic N) is 3. The van der Waals surface area contributed by atoms with Gasteiger partial charge in [-0.3, -0.25) is 19.2 Å². The average Bonchev–Trinajstić information content (AvgIpc) is 3.79. The Morgan fingerprint density at radius 1 is 1.07 bits per heavy atom. The van der Waals surface area contributed by atoms with Gasteiger partial charge in [-0.15, -0.1) is 13.2 Å². The molecule has 298 valence electrons. The van der Waals surface area contributed by atoms with Crippen LogP contribution < -0.4 is 15.1 Å². The summed E-state index contributed by atoms with van der Waals surface area (Å²) in [4.78, 5) is 62.4. The Bertz CT molecular complexity index is 1670. The van der Waals surface area contributed by atoms with Gasteiger partial charge in [0, 0.05) is 49.4 Å². The number of ether oxygens (including phenoxy) is 3. The van der Waals surface area contributed by atoms with E-state index in [1.807, 2.05) is 49.4 Å². The number of aliphatic hydroxyl groups excluding tert-OH is 1. The molecule has 0 aliphatic carbocycles. The number of hydrogen-bond donors (Lipinski definition) is 2. The van der Waals surface area contributed by atoms with Crippen LogP contribution in [0.15, 0.2) is 79.9 Å². The molecule has 5 rings (SSSR count). The first-order chi connectivity index (χ1) is 26.5. The minimum atomic E-state index is -1.40. The van der Waals surface area contributed by atoms with E-state index in [1.165, 1.54) is 12.0 Å². The number of alkyl halides is 1. The number of allylic oxidation sites excluding steroid dienone is 1. The summed E-state index contributed by atoms with van der Waals surface area (Å²) in [5.41, 5.74) is 0.866. The third-order valence-corrected chi connectivity index (χ3v) is 12.0. The molecule has 3 fully saturated rings. The third-order valence-electron chi connectivity index (χ3n) is 11.2. The fourth-order valence-corrected chi connectivity index (χ4v) is 9.52. The number of benzene rings is 2. The van der Waals surface area contributed by atoms with Gasteiger partial charge in [-0.2, -0.15) is 0 Å². The molecule has 2 aromatic carbocycles. The first-order valence-electron chi connectivity index (χ1n) is 19.2. The van der Waals surface area contributed by atoms with Crippen LogP contribution in [0.4, 0.5) is 11.4 Å². The Labute approximate surface area is 333 Å². The minimum absolute atomic E-state index is 0.0404. The molecular formula is C42H55BrN4O8. The van der Waals surface area contributed by atoms with E-state index >= 15 is 4.79 Å². The number of carbonyl (C=O) groups is 4. The van der Waals surface area contributed by atoms with Crippen LogP contribution in [-0.4, -0.2) is 108 Å². The van der Waals surface area contributed by atoms with E-state index in [-0.39, 0.29) is 43.3 Å². The Morgan fingerprint density at radius 3 is 2.33 bits per heavy atom. The summed E-state index contributed by atoms with van der Waals surface area (Å²) in [5.74, 6) is -3.94. The predicted octanol–water partition coefficient (Wildman–Crippen LogP) is 4.95. The van der Waals surface area contributed by atoms with Crippen molar-refractivity contribution in [1.29, 1.82) is 0 Å². The van der Waals surface area contributed by atoms with Crippen molar-refractivity contribution in [3.63, 3.8) is 0 Å². The standard InChI is InChI=1S/C42H55BrN4O8/c1-7-12-18-33(49)44-32(26-53-6)36(27-16-14-13-15-17-27)54-41(52)34-35-39(50)47(28(9-3)25-48)38(42(35)24-31(43)37(34)55-42)40(51)46(23-8-2)30-21-19-29(20-22-30)45(10-4)11-5/h7-8,13-17,19-22,28,31-32,34-38,48H,1-2,9-12,18,23-26H2,3-6H3,(H,44,49)/t28-,31?,32-,34-,35+,36-,37-,38-,42+/m0/s1. The van der Waals surface area contributed by atoms with E-state index in [0.717, 1.165) is 18.8 Å². The van der Waals surface area contributed by atoms with Crippen molar-refractivity contribution in [3.05, 3.63) is 85.5 Å². The molecule has 55 heavy (non-hydrogen) atoms. The minimum Gasteiger partial charge on any atom is -0.455 e. The van der Waals surface area contributed by atoms with Crippen LogP contribution in [-0.2, 0) is 33.4 Å². The molecular weight excluding hydrogens is 768 g/mol. The lowest BCUT2D eigenvalue weighted by molar-refractivity contribution is -0.163. The van der Waals surface area contributed by atoms with E-state index in [1.54, 1.807) is 29.2 Å². The number of fused-ring (bicyclic) bond motifs is 1. The van der Waals surface area contributed by atoms with Gasteiger partial charge in [-0.1, -0.05) is 65.3 Å². The van der Waals surface area contributed by atoms with Gasteiger partial charge >= 0.3 is 5.97 Å². The lowest BCUT2D eigenvalue weighted by Crippen LogP contribution is -2.59. The van der Waals surface area contributed by atoms with E-state index in [2.05, 4.69) is 53.2 Å². The number of methoxy groups -OCH3 is 1. The zero-order valence-corrected chi connectivity index (χ0v) is 33.9. The summed E-state index contributed by atoms with van der Waals surface area (Å²) in [7, 11) is 1.50. The second-order valence-electron chi connectivity index (χ2n) is 14.3. The fourth-order valence-electron chi connectivity index (χ4n) is 8.58. The third kappa shape index (κ3) is 8.26. The van der Waals surface area contributed by atoms with Crippen molar-refractivity contribution in [2.45, 2.75) is 87.2 Å². The first kappa shape index (κ1) is 42.1. The van der Waals surface area contributed by atoms with Crippen LogP contribution in [0.3, 0.4) is 0 Å². The zero-order chi connectivity index (χ0) is 39.9. The monoisotopic (exact) mass is 822 g/mol. The van der Waals surface area contributed by atoms with Crippen LogP contribution in [0.2, 0.25) is 0 Å². The lowest BCUT2D eigenvalue weighted by Gasteiger charge is -2.39. The molecule has 0 saturated carbocycles. The number of anilines is 2.